The zero-order valence-corrected chi connectivity index (χ0v) is 19.1. The number of nitrogens with zero attached hydrogens (tertiary/aromatic N) is 1. The summed E-state index contributed by atoms with van der Waals surface area (Å²) in [5.74, 6) is -1.79. The average molecular weight is 515 g/mol. The van der Waals surface area contributed by atoms with E-state index in [-0.39, 0.29) is 41.0 Å². The van der Waals surface area contributed by atoms with Gasteiger partial charge in [-0.15, -0.1) is 0 Å². The first-order chi connectivity index (χ1) is 16.1. The normalized spacial score (nSPS) is 20.0. The fourth-order valence-electron chi connectivity index (χ4n) is 3.55. The van der Waals surface area contributed by atoms with Gasteiger partial charge in [-0.05, 0) is 36.5 Å². The second-order valence-electron chi connectivity index (χ2n) is 7.48. The molecule has 0 saturated carbocycles. The third kappa shape index (κ3) is 5.04. The number of hydrazine groups is 1. The van der Waals surface area contributed by atoms with Crippen molar-refractivity contribution in [3.05, 3.63) is 48.0 Å². The number of thiocarbonyl (C=S) groups is 1. The number of halogens is 2. The van der Waals surface area contributed by atoms with Gasteiger partial charge < -0.3 is 19.9 Å². The Morgan fingerprint density at radius 1 is 1.09 bits per heavy atom. The molecule has 2 aliphatic rings. The molecule has 10 nitrogen and oxygen atoms in total. The number of nitrogens with one attached hydrogen (secondary N) is 3. The maximum absolute atomic E-state index is 13.8. The summed E-state index contributed by atoms with van der Waals surface area (Å²) in [6, 6.07) is 5.65. The van der Waals surface area contributed by atoms with Crippen LogP contribution in [-0.2, 0) is 14.8 Å². The van der Waals surface area contributed by atoms with Crippen molar-refractivity contribution in [1.29, 1.82) is 0 Å². The van der Waals surface area contributed by atoms with Crippen molar-refractivity contribution >= 4 is 38.9 Å². The van der Waals surface area contributed by atoms with Crippen LogP contribution in [0, 0.1) is 11.6 Å². The molecule has 0 spiro atoms. The number of aliphatic hydroxyl groups is 1. The number of carbonyl (C=O) groups excluding carboxylic acids is 1. The van der Waals surface area contributed by atoms with E-state index in [2.05, 4.69) is 16.2 Å². The van der Waals surface area contributed by atoms with Gasteiger partial charge in [0.05, 0.1) is 16.7 Å². The average Bonchev–Trinajstić information content (AvgIpc) is 3.21. The Hall–Kier alpha value is -3.07. The molecule has 14 heteroatoms. The summed E-state index contributed by atoms with van der Waals surface area (Å²) in [6.07, 6.45) is -1.22. The lowest BCUT2D eigenvalue weighted by Crippen LogP contribution is -2.52. The summed E-state index contributed by atoms with van der Waals surface area (Å²) < 4.78 is 65.0. The zero-order valence-electron chi connectivity index (χ0n) is 17.5. The van der Waals surface area contributed by atoms with Gasteiger partial charge in [0, 0.05) is 25.1 Å². The van der Waals surface area contributed by atoms with Gasteiger partial charge in [-0.25, -0.2) is 17.2 Å². The van der Waals surface area contributed by atoms with Gasteiger partial charge in [0.25, 0.3) is 5.91 Å². The number of β-amino-alcohol motifs (C(OH)–C–C–N with tert-alkyl or cyclic N) is 1. The second-order valence-corrected chi connectivity index (χ2v) is 9.78. The summed E-state index contributed by atoms with van der Waals surface area (Å²) in [6.45, 7) is 0.320. The summed E-state index contributed by atoms with van der Waals surface area (Å²) in [5, 5.41) is 12.3. The minimum absolute atomic E-state index is 0.124. The molecule has 2 aromatic carbocycles. The van der Waals surface area contributed by atoms with Gasteiger partial charge >= 0.3 is 0 Å². The summed E-state index contributed by atoms with van der Waals surface area (Å²) in [4.78, 5) is 12.6. The molecule has 0 radical (unpaired) electrons. The first-order valence-electron chi connectivity index (χ1n) is 10.1. The third-order valence-corrected chi connectivity index (χ3v) is 7.21. The monoisotopic (exact) mass is 514 g/mol. The molecule has 4 N–H and O–H groups in total. The fourth-order valence-corrected chi connectivity index (χ4v) is 5.37. The minimum atomic E-state index is -4.18. The van der Waals surface area contributed by atoms with Crippen molar-refractivity contribution in [1.82, 2.24) is 15.2 Å². The molecule has 2 aliphatic heterocycles. The van der Waals surface area contributed by atoms with Crippen LogP contribution in [0.3, 0.4) is 0 Å². The Bertz CT molecular complexity index is 1230. The van der Waals surface area contributed by atoms with Gasteiger partial charge in [-0.2, -0.15) is 4.31 Å². The number of benzene rings is 2. The van der Waals surface area contributed by atoms with Crippen LogP contribution in [0.4, 0.5) is 14.5 Å². The number of amides is 1. The highest BCUT2D eigenvalue weighted by Crippen LogP contribution is 2.34. The molecule has 2 aromatic rings. The maximum atomic E-state index is 13.8. The smallest absolute Gasteiger partial charge is 0.256 e. The van der Waals surface area contributed by atoms with Crippen molar-refractivity contribution in [2.75, 3.05) is 25.1 Å². The Labute approximate surface area is 198 Å². The van der Waals surface area contributed by atoms with Crippen molar-refractivity contribution in [3.8, 4) is 11.5 Å². The van der Waals surface area contributed by atoms with Crippen LogP contribution in [0.2, 0.25) is 0 Å². The molecule has 4 rings (SSSR count). The zero-order chi connectivity index (χ0) is 24.5. The Kier molecular flexibility index (Phi) is 6.84. The quantitative estimate of drug-likeness (QED) is 0.347. The van der Waals surface area contributed by atoms with Gasteiger partial charge in [0.15, 0.2) is 16.6 Å². The van der Waals surface area contributed by atoms with Crippen LogP contribution in [0.1, 0.15) is 6.42 Å². The second kappa shape index (κ2) is 9.66. The van der Waals surface area contributed by atoms with Crippen molar-refractivity contribution in [2.24, 2.45) is 0 Å². The van der Waals surface area contributed by atoms with Crippen LogP contribution < -0.4 is 25.6 Å². The van der Waals surface area contributed by atoms with E-state index in [9.17, 15) is 27.1 Å². The predicted octanol–water partition coefficient (Wildman–Crippen LogP) is 0.878. The predicted molar refractivity (Wildman–Crippen MR) is 120 cm³/mol. The number of sulfonamides is 1. The number of hydrogen-bond donors (Lipinski definition) is 4. The lowest BCUT2D eigenvalue weighted by molar-refractivity contribution is -0.124. The largest absolute Gasteiger partial charge is 0.486 e. The van der Waals surface area contributed by atoms with Crippen molar-refractivity contribution in [3.63, 3.8) is 0 Å². The first-order valence-corrected chi connectivity index (χ1v) is 11.9. The molecule has 182 valence electrons. The van der Waals surface area contributed by atoms with E-state index in [1.54, 1.807) is 0 Å². The van der Waals surface area contributed by atoms with Crippen molar-refractivity contribution in [2.45, 2.75) is 23.5 Å². The standard InChI is InChI=1S/C20H20F2N4O6S2/c21-11-1-3-15(14(22)7-11)23-20(33)25-24-19(28)16-8-12(27)10-26(16)34(29,30)13-2-4-17-18(9-13)32-6-5-31-17/h1-4,7,9,12,16,27H,5-6,8,10H2,(H,24,28)(H2,23,25,33). The topological polar surface area (TPSA) is 129 Å². The molecule has 0 aromatic heterocycles. The number of ether oxygens (including phenoxy) is 2. The number of aliphatic hydroxyl groups excluding tert-OH is 1. The van der Waals surface area contributed by atoms with E-state index in [1.807, 2.05) is 0 Å². The van der Waals surface area contributed by atoms with E-state index >= 15 is 0 Å². The number of fused-ring (bicyclic) bond motifs is 1. The summed E-state index contributed by atoms with van der Waals surface area (Å²) in [5.41, 5.74) is 4.45. The SMILES string of the molecule is O=C(NNC(=S)Nc1ccc(F)cc1F)C1CC(O)CN1S(=O)(=O)c1ccc2c(c1)OCCO2. The molecule has 1 saturated heterocycles. The lowest BCUT2D eigenvalue weighted by Gasteiger charge is -2.24. The van der Waals surface area contributed by atoms with Gasteiger partial charge in [-0.3, -0.25) is 15.6 Å². The minimum Gasteiger partial charge on any atom is -0.486 e. The molecule has 0 bridgehead atoms. The Balaban J connectivity index is 1.44. The maximum Gasteiger partial charge on any atom is 0.256 e. The molecule has 2 atom stereocenters. The highest BCUT2D eigenvalue weighted by atomic mass is 32.2. The number of carbonyl (C=O) groups is 1. The molecular formula is C20H20F2N4O6S2. The summed E-state index contributed by atoms with van der Waals surface area (Å²) >= 11 is 4.98. The van der Waals surface area contributed by atoms with E-state index in [0.29, 0.717) is 18.4 Å². The lowest BCUT2D eigenvalue weighted by atomic mass is 10.2. The highest BCUT2D eigenvalue weighted by Gasteiger charge is 2.43. The Morgan fingerprint density at radius 2 is 1.82 bits per heavy atom. The fraction of sp³-hybridized carbons (Fsp3) is 0.300. The van der Waals surface area contributed by atoms with Gasteiger partial charge in [0.1, 0.15) is 30.9 Å². The number of hydrogen-bond acceptors (Lipinski definition) is 7. The van der Waals surface area contributed by atoms with E-state index < -0.39 is 39.7 Å². The molecule has 34 heavy (non-hydrogen) atoms. The van der Waals surface area contributed by atoms with Crippen molar-refractivity contribution < 1.29 is 36.6 Å². The van der Waals surface area contributed by atoms with E-state index in [0.717, 1.165) is 16.4 Å². The van der Waals surface area contributed by atoms with E-state index in [4.69, 9.17) is 21.7 Å². The third-order valence-electron chi connectivity index (χ3n) is 5.14. The first kappa shape index (κ1) is 24.1. The molecular weight excluding hydrogens is 494 g/mol. The molecule has 1 fully saturated rings. The molecule has 1 amide bonds. The number of rotatable bonds is 4. The van der Waals surface area contributed by atoms with Crippen LogP contribution in [0.15, 0.2) is 41.3 Å². The van der Waals surface area contributed by atoms with Crippen LogP contribution in [0.25, 0.3) is 0 Å². The van der Waals surface area contributed by atoms with Crippen LogP contribution in [-0.4, -0.2) is 60.8 Å². The Morgan fingerprint density at radius 3 is 2.56 bits per heavy atom. The number of anilines is 1. The van der Waals surface area contributed by atoms with E-state index in [1.165, 1.54) is 18.2 Å². The van der Waals surface area contributed by atoms with Gasteiger partial charge in [0.2, 0.25) is 10.0 Å². The summed E-state index contributed by atoms with van der Waals surface area (Å²) in [7, 11) is -4.18. The van der Waals surface area contributed by atoms with Gasteiger partial charge in [-0.1, -0.05) is 0 Å². The van der Waals surface area contributed by atoms with Crippen LogP contribution >= 0.6 is 12.2 Å². The molecule has 0 aliphatic carbocycles. The van der Waals surface area contributed by atoms with Crippen LogP contribution in [0.5, 0.6) is 11.5 Å². The molecule has 2 unspecified atom stereocenters. The highest BCUT2D eigenvalue weighted by molar-refractivity contribution is 7.89. The molecule has 2 heterocycles.